The minimum absolute atomic E-state index is 0.343. The largest absolute Gasteiger partial charge is 0.140 e. The van der Waals surface area contributed by atoms with Crippen molar-refractivity contribution >= 4 is 34.7 Å². The Morgan fingerprint density at radius 1 is 1.62 bits per heavy atom. The highest BCUT2D eigenvalue weighted by atomic mass is 35.5. The van der Waals surface area contributed by atoms with E-state index in [0.29, 0.717) is 15.9 Å². The van der Waals surface area contributed by atoms with Crippen molar-refractivity contribution in [1.82, 2.24) is 9.59 Å². The fourth-order valence-electron chi connectivity index (χ4n) is 0.277. The van der Waals surface area contributed by atoms with Crippen molar-refractivity contribution in [2.75, 3.05) is 0 Å². The predicted molar refractivity (Wildman–Crippen MR) is 34.5 cm³/mol. The number of rotatable bonds is 1. The number of hydrogen-bond donors (Lipinski definition) is 0. The molecule has 0 spiro atoms. The summed E-state index contributed by atoms with van der Waals surface area (Å²) in [7, 11) is 0. The Kier molecular flexibility index (Phi) is 2.05. The maximum Gasteiger partial charge on any atom is 0.138 e. The Bertz CT molecular complexity index is 176. The highest BCUT2D eigenvalue weighted by Crippen LogP contribution is 2.17. The van der Waals surface area contributed by atoms with Crippen LogP contribution in [0.4, 0.5) is 0 Å². The van der Waals surface area contributed by atoms with Gasteiger partial charge in [0.2, 0.25) is 0 Å². The standard InChI is InChI=1S/C3H2Cl2N2S/c4-1-2-3(5)8-7-6-2/h1H2. The monoisotopic (exact) mass is 168 g/mol. The first-order chi connectivity index (χ1) is 3.84. The molecule has 1 rings (SSSR count). The van der Waals surface area contributed by atoms with Gasteiger partial charge in [-0.2, -0.15) is 0 Å². The smallest absolute Gasteiger partial charge is 0.138 e. The number of aromatic nitrogens is 2. The molecule has 0 fully saturated rings. The third kappa shape index (κ3) is 1.10. The van der Waals surface area contributed by atoms with Crippen molar-refractivity contribution in [2.45, 2.75) is 5.88 Å². The van der Waals surface area contributed by atoms with E-state index in [1.165, 1.54) is 0 Å². The molecule has 5 heteroatoms. The van der Waals surface area contributed by atoms with Gasteiger partial charge in [-0.25, -0.2) is 0 Å². The second kappa shape index (κ2) is 2.62. The van der Waals surface area contributed by atoms with Gasteiger partial charge < -0.3 is 0 Å². The predicted octanol–water partition coefficient (Wildman–Crippen LogP) is 1.93. The van der Waals surface area contributed by atoms with E-state index in [0.717, 1.165) is 11.5 Å². The zero-order chi connectivity index (χ0) is 5.98. The Morgan fingerprint density at radius 2 is 2.38 bits per heavy atom. The number of alkyl halides is 1. The summed E-state index contributed by atoms with van der Waals surface area (Å²) in [5.74, 6) is 0.343. The van der Waals surface area contributed by atoms with Crippen LogP contribution in [0.25, 0.3) is 0 Å². The van der Waals surface area contributed by atoms with Crippen molar-refractivity contribution < 1.29 is 0 Å². The first-order valence-electron chi connectivity index (χ1n) is 1.87. The second-order valence-corrected chi connectivity index (χ2v) is 2.75. The average Bonchev–Trinajstić information content (AvgIpc) is 2.14. The van der Waals surface area contributed by atoms with Crippen LogP contribution < -0.4 is 0 Å². The molecule has 1 aromatic heterocycles. The van der Waals surface area contributed by atoms with E-state index in [2.05, 4.69) is 9.59 Å². The summed E-state index contributed by atoms with van der Waals surface area (Å²) in [5.41, 5.74) is 0.665. The molecule has 0 bridgehead atoms. The first-order valence-corrected chi connectivity index (χ1v) is 3.56. The van der Waals surface area contributed by atoms with Crippen LogP contribution in [0.3, 0.4) is 0 Å². The van der Waals surface area contributed by atoms with Crippen molar-refractivity contribution in [3.63, 3.8) is 0 Å². The van der Waals surface area contributed by atoms with Gasteiger partial charge >= 0.3 is 0 Å². The van der Waals surface area contributed by atoms with Crippen LogP contribution in [0, 0.1) is 0 Å². The third-order valence-electron chi connectivity index (χ3n) is 0.636. The SMILES string of the molecule is ClCc1nnsc1Cl. The molecule has 0 atom stereocenters. The van der Waals surface area contributed by atoms with Crippen LogP contribution in [-0.2, 0) is 5.88 Å². The molecule has 0 saturated heterocycles. The van der Waals surface area contributed by atoms with Gasteiger partial charge in [-0.1, -0.05) is 16.1 Å². The zero-order valence-electron chi connectivity index (χ0n) is 3.77. The van der Waals surface area contributed by atoms with Crippen LogP contribution in [-0.4, -0.2) is 9.59 Å². The Hall–Kier alpha value is 0.140. The molecule has 0 aliphatic rings. The lowest BCUT2D eigenvalue weighted by molar-refractivity contribution is 1.07. The maximum absolute atomic E-state index is 5.55. The van der Waals surface area contributed by atoms with E-state index >= 15 is 0 Å². The van der Waals surface area contributed by atoms with Crippen LogP contribution in [0.1, 0.15) is 5.69 Å². The summed E-state index contributed by atoms with van der Waals surface area (Å²) in [6.45, 7) is 0. The molecular weight excluding hydrogens is 167 g/mol. The lowest BCUT2D eigenvalue weighted by atomic mass is 10.6. The Morgan fingerprint density at radius 3 is 2.62 bits per heavy atom. The molecule has 0 aromatic carbocycles. The summed E-state index contributed by atoms with van der Waals surface area (Å²) < 4.78 is 4.15. The molecule has 1 aromatic rings. The minimum Gasteiger partial charge on any atom is -0.140 e. The normalized spacial score (nSPS) is 9.75. The van der Waals surface area contributed by atoms with Gasteiger partial charge in [0.05, 0.1) is 5.88 Å². The number of nitrogens with zero attached hydrogens (tertiary/aromatic N) is 2. The minimum atomic E-state index is 0.343. The fourth-order valence-corrected chi connectivity index (χ4v) is 1.24. The van der Waals surface area contributed by atoms with Crippen LogP contribution in [0.2, 0.25) is 4.34 Å². The molecule has 2 nitrogen and oxygen atoms in total. The van der Waals surface area contributed by atoms with Gasteiger partial charge in [0, 0.05) is 11.5 Å². The molecule has 1 heterocycles. The molecule has 0 unspecified atom stereocenters. The summed E-state index contributed by atoms with van der Waals surface area (Å²) in [6.07, 6.45) is 0. The third-order valence-corrected chi connectivity index (χ3v) is 1.87. The van der Waals surface area contributed by atoms with Crippen LogP contribution >= 0.6 is 34.7 Å². The molecule has 0 aliphatic heterocycles. The molecule has 0 aliphatic carbocycles. The van der Waals surface area contributed by atoms with Crippen molar-refractivity contribution in [3.05, 3.63) is 10.0 Å². The van der Waals surface area contributed by atoms with E-state index < -0.39 is 0 Å². The molecule has 0 amide bonds. The lowest BCUT2D eigenvalue weighted by Crippen LogP contribution is -1.75. The molecule has 0 radical (unpaired) electrons. The van der Waals surface area contributed by atoms with Crippen molar-refractivity contribution in [3.8, 4) is 0 Å². The van der Waals surface area contributed by atoms with Gasteiger partial charge in [-0.15, -0.1) is 16.7 Å². The van der Waals surface area contributed by atoms with E-state index in [4.69, 9.17) is 23.2 Å². The van der Waals surface area contributed by atoms with E-state index in [1.54, 1.807) is 0 Å². The van der Waals surface area contributed by atoms with Gasteiger partial charge in [0.25, 0.3) is 0 Å². The summed E-state index contributed by atoms with van der Waals surface area (Å²) in [6, 6.07) is 0. The topological polar surface area (TPSA) is 25.8 Å². The molecule has 0 saturated carbocycles. The molecule has 8 heavy (non-hydrogen) atoms. The summed E-state index contributed by atoms with van der Waals surface area (Å²) in [5, 5.41) is 3.64. The summed E-state index contributed by atoms with van der Waals surface area (Å²) in [4.78, 5) is 0. The molecular formula is C3H2Cl2N2S. The fraction of sp³-hybridized carbons (Fsp3) is 0.333. The number of hydrogen-bond acceptors (Lipinski definition) is 3. The highest BCUT2D eigenvalue weighted by Gasteiger charge is 2.00. The quantitative estimate of drug-likeness (QED) is 0.600. The molecule has 0 N–H and O–H groups in total. The first kappa shape index (κ1) is 6.26. The van der Waals surface area contributed by atoms with Crippen molar-refractivity contribution in [1.29, 1.82) is 0 Å². The lowest BCUT2D eigenvalue weighted by Gasteiger charge is -1.79. The van der Waals surface area contributed by atoms with Gasteiger partial charge in [0.1, 0.15) is 10.0 Å². The Balaban J connectivity index is 2.92. The van der Waals surface area contributed by atoms with Gasteiger partial charge in [-0.3, -0.25) is 0 Å². The second-order valence-electron chi connectivity index (χ2n) is 1.13. The highest BCUT2D eigenvalue weighted by molar-refractivity contribution is 7.10. The van der Waals surface area contributed by atoms with Gasteiger partial charge in [-0.05, 0) is 0 Å². The summed E-state index contributed by atoms with van der Waals surface area (Å²) >= 11 is 12.1. The Labute approximate surface area is 60.6 Å². The van der Waals surface area contributed by atoms with Crippen LogP contribution in [0.15, 0.2) is 0 Å². The van der Waals surface area contributed by atoms with Crippen molar-refractivity contribution in [2.24, 2.45) is 0 Å². The van der Waals surface area contributed by atoms with Crippen LogP contribution in [0.5, 0.6) is 0 Å². The number of halogens is 2. The van der Waals surface area contributed by atoms with E-state index in [9.17, 15) is 0 Å². The van der Waals surface area contributed by atoms with Gasteiger partial charge in [0.15, 0.2) is 0 Å². The maximum atomic E-state index is 5.55. The average molecular weight is 169 g/mol. The van der Waals surface area contributed by atoms with E-state index in [1.807, 2.05) is 0 Å². The zero-order valence-corrected chi connectivity index (χ0v) is 6.09. The van der Waals surface area contributed by atoms with E-state index in [-0.39, 0.29) is 0 Å². The molecule has 44 valence electrons.